The van der Waals surface area contributed by atoms with Crippen molar-refractivity contribution in [1.82, 2.24) is 9.29 Å². The number of rotatable bonds is 2. The summed E-state index contributed by atoms with van der Waals surface area (Å²) in [5, 5.41) is 1.12. The fraction of sp³-hybridized carbons (Fsp3) is 0.200. The first-order valence-electron chi connectivity index (χ1n) is 6.89. The number of sulfonamides is 1. The molecule has 0 amide bonds. The highest BCUT2D eigenvalue weighted by molar-refractivity contribution is 9.11. The molecule has 114 valence electrons. The van der Waals surface area contributed by atoms with E-state index < -0.39 is 10.0 Å². The van der Waals surface area contributed by atoms with Crippen molar-refractivity contribution in [3.63, 3.8) is 0 Å². The Bertz CT molecular complexity index is 959. The Morgan fingerprint density at radius 2 is 2.00 bits per heavy atom. The summed E-state index contributed by atoms with van der Waals surface area (Å²) in [6.45, 7) is 0.939. The van der Waals surface area contributed by atoms with Crippen LogP contribution in [0.15, 0.2) is 44.4 Å². The molecule has 3 aromatic rings. The summed E-state index contributed by atoms with van der Waals surface area (Å²) >= 11 is 4.59. The average Bonchev–Trinajstić information content (AvgIpc) is 3.10. The molecular weight excluding hydrogens is 384 g/mol. The van der Waals surface area contributed by atoms with Crippen LogP contribution in [0.25, 0.3) is 10.9 Å². The predicted molar refractivity (Wildman–Crippen MR) is 91.6 cm³/mol. The standard InChI is InChI=1S/C15H13BrN2O2S2/c16-14-5-6-15(21-14)22(19,20)18-8-7-13-11(9-18)10-3-1-2-4-12(10)17-13/h1-6,17H,7-9H2. The van der Waals surface area contributed by atoms with Gasteiger partial charge in [0.25, 0.3) is 10.0 Å². The summed E-state index contributed by atoms with van der Waals surface area (Å²) < 4.78 is 28.3. The Balaban J connectivity index is 1.75. The molecule has 0 spiro atoms. The van der Waals surface area contributed by atoms with E-state index in [0.717, 1.165) is 32.4 Å². The van der Waals surface area contributed by atoms with E-state index in [4.69, 9.17) is 0 Å². The van der Waals surface area contributed by atoms with Crippen molar-refractivity contribution in [1.29, 1.82) is 0 Å². The topological polar surface area (TPSA) is 53.2 Å². The monoisotopic (exact) mass is 396 g/mol. The van der Waals surface area contributed by atoms with Gasteiger partial charge in [-0.15, -0.1) is 11.3 Å². The number of nitrogens with zero attached hydrogens (tertiary/aromatic N) is 1. The average molecular weight is 397 g/mol. The molecule has 1 aliphatic rings. The van der Waals surface area contributed by atoms with Gasteiger partial charge < -0.3 is 4.98 Å². The number of H-pyrrole nitrogens is 1. The zero-order valence-electron chi connectivity index (χ0n) is 11.5. The normalized spacial score (nSPS) is 16.0. The number of benzene rings is 1. The second-order valence-electron chi connectivity index (χ2n) is 5.27. The van der Waals surface area contributed by atoms with Crippen LogP contribution < -0.4 is 0 Å². The van der Waals surface area contributed by atoms with Gasteiger partial charge in [0, 0.05) is 36.1 Å². The fourth-order valence-electron chi connectivity index (χ4n) is 2.91. The first-order valence-corrected chi connectivity index (χ1v) is 9.94. The molecular formula is C15H13BrN2O2S2. The highest BCUT2D eigenvalue weighted by atomic mass is 79.9. The zero-order valence-corrected chi connectivity index (χ0v) is 14.8. The van der Waals surface area contributed by atoms with E-state index in [2.05, 4.69) is 20.9 Å². The molecule has 2 aromatic heterocycles. The molecule has 0 bridgehead atoms. The predicted octanol–water partition coefficient (Wildman–Crippen LogP) is 3.74. The fourth-order valence-corrected chi connectivity index (χ4v) is 6.48. The molecule has 0 saturated carbocycles. The second-order valence-corrected chi connectivity index (χ2v) is 9.90. The van der Waals surface area contributed by atoms with E-state index >= 15 is 0 Å². The van der Waals surface area contributed by atoms with Crippen molar-refractivity contribution in [2.24, 2.45) is 0 Å². The van der Waals surface area contributed by atoms with Crippen molar-refractivity contribution < 1.29 is 8.42 Å². The van der Waals surface area contributed by atoms with Crippen LogP contribution in [0, 0.1) is 0 Å². The molecule has 0 unspecified atom stereocenters. The number of hydrogen-bond donors (Lipinski definition) is 1. The summed E-state index contributed by atoms with van der Waals surface area (Å²) in [5.41, 5.74) is 3.33. The number of halogens is 1. The number of aromatic nitrogens is 1. The lowest BCUT2D eigenvalue weighted by atomic mass is 10.1. The van der Waals surface area contributed by atoms with E-state index in [9.17, 15) is 8.42 Å². The third-order valence-electron chi connectivity index (χ3n) is 3.99. The second kappa shape index (κ2) is 5.19. The maximum absolute atomic E-state index is 12.8. The van der Waals surface area contributed by atoms with Gasteiger partial charge in [0.05, 0.1) is 3.79 Å². The third kappa shape index (κ3) is 2.23. The van der Waals surface area contributed by atoms with Gasteiger partial charge in [0.1, 0.15) is 4.21 Å². The Hall–Kier alpha value is -1.15. The molecule has 4 rings (SSSR count). The Morgan fingerprint density at radius 3 is 2.77 bits per heavy atom. The summed E-state index contributed by atoms with van der Waals surface area (Å²) in [5.74, 6) is 0. The van der Waals surface area contributed by atoms with Crippen LogP contribution in [0.1, 0.15) is 11.3 Å². The Morgan fingerprint density at radius 1 is 1.18 bits per heavy atom. The molecule has 4 nitrogen and oxygen atoms in total. The Kier molecular flexibility index (Phi) is 3.41. The van der Waals surface area contributed by atoms with Crippen molar-refractivity contribution in [2.45, 2.75) is 17.2 Å². The van der Waals surface area contributed by atoms with Crippen LogP contribution >= 0.6 is 27.3 Å². The summed E-state index contributed by atoms with van der Waals surface area (Å²) in [7, 11) is -3.42. The minimum absolute atomic E-state index is 0.391. The van der Waals surface area contributed by atoms with Crippen molar-refractivity contribution in [3.8, 4) is 0 Å². The van der Waals surface area contributed by atoms with Gasteiger partial charge in [-0.1, -0.05) is 18.2 Å². The summed E-state index contributed by atoms with van der Waals surface area (Å²) in [6.07, 6.45) is 0.718. The number of hydrogen-bond acceptors (Lipinski definition) is 3. The first kappa shape index (κ1) is 14.4. The first-order chi connectivity index (χ1) is 10.6. The van der Waals surface area contributed by atoms with E-state index in [1.165, 1.54) is 11.3 Å². The molecule has 0 aliphatic carbocycles. The number of para-hydroxylation sites is 1. The maximum Gasteiger partial charge on any atom is 0.252 e. The molecule has 1 aliphatic heterocycles. The SMILES string of the molecule is O=S(=O)(c1ccc(Br)s1)N1CCc2[nH]c3ccccc3c2C1. The van der Waals surface area contributed by atoms with Crippen LogP contribution in [0.5, 0.6) is 0 Å². The lowest BCUT2D eigenvalue weighted by Crippen LogP contribution is -2.35. The lowest BCUT2D eigenvalue weighted by molar-refractivity contribution is 0.392. The largest absolute Gasteiger partial charge is 0.358 e. The van der Waals surface area contributed by atoms with Gasteiger partial charge in [-0.3, -0.25) is 0 Å². The van der Waals surface area contributed by atoms with E-state index in [1.54, 1.807) is 16.4 Å². The summed E-state index contributed by atoms with van der Waals surface area (Å²) in [4.78, 5) is 3.41. The molecule has 0 fully saturated rings. The van der Waals surface area contributed by atoms with E-state index in [0.29, 0.717) is 17.3 Å². The minimum atomic E-state index is -3.42. The molecule has 7 heteroatoms. The maximum atomic E-state index is 12.8. The van der Waals surface area contributed by atoms with Crippen molar-refractivity contribution in [2.75, 3.05) is 6.54 Å². The number of thiophene rings is 1. The Labute approximate surface area is 140 Å². The smallest absolute Gasteiger partial charge is 0.252 e. The van der Waals surface area contributed by atoms with Gasteiger partial charge in [0.2, 0.25) is 0 Å². The number of nitrogens with one attached hydrogen (secondary N) is 1. The quantitative estimate of drug-likeness (QED) is 0.716. The molecule has 0 saturated heterocycles. The lowest BCUT2D eigenvalue weighted by Gasteiger charge is -2.25. The van der Waals surface area contributed by atoms with Gasteiger partial charge in [-0.05, 0) is 39.7 Å². The van der Waals surface area contributed by atoms with Gasteiger partial charge in [-0.2, -0.15) is 4.31 Å². The molecule has 1 aromatic carbocycles. The van der Waals surface area contributed by atoms with E-state index in [-0.39, 0.29) is 0 Å². The molecule has 3 heterocycles. The van der Waals surface area contributed by atoms with Crippen LogP contribution in [-0.2, 0) is 23.0 Å². The molecule has 1 N–H and O–H groups in total. The van der Waals surface area contributed by atoms with Gasteiger partial charge in [0.15, 0.2) is 0 Å². The highest BCUT2D eigenvalue weighted by Gasteiger charge is 2.31. The molecule has 0 radical (unpaired) electrons. The van der Waals surface area contributed by atoms with Gasteiger partial charge >= 0.3 is 0 Å². The minimum Gasteiger partial charge on any atom is -0.358 e. The molecule has 0 atom stereocenters. The number of aromatic amines is 1. The molecule has 22 heavy (non-hydrogen) atoms. The van der Waals surface area contributed by atoms with Crippen LogP contribution in [-0.4, -0.2) is 24.3 Å². The van der Waals surface area contributed by atoms with Crippen LogP contribution in [0.4, 0.5) is 0 Å². The van der Waals surface area contributed by atoms with Crippen LogP contribution in [0.3, 0.4) is 0 Å². The van der Waals surface area contributed by atoms with Crippen LogP contribution in [0.2, 0.25) is 0 Å². The summed E-state index contributed by atoms with van der Waals surface area (Å²) in [6, 6.07) is 11.5. The third-order valence-corrected chi connectivity index (χ3v) is 7.93. The highest BCUT2D eigenvalue weighted by Crippen LogP contribution is 2.33. The van der Waals surface area contributed by atoms with Crippen molar-refractivity contribution in [3.05, 3.63) is 51.4 Å². The zero-order chi connectivity index (χ0) is 15.3. The van der Waals surface area contributed by atoms with Gasteiger partial charge in [-0.25, -0.2) is 8.42 Å². The van der Waals surface area contributed by atoms with E-state index in [1.807, 2.05) is 24.3 Å². The van der Waals surface area contributed by atoms with Crippen molar-refractivity contribution >= 4 is 48.2 Å². The number of fused-ring (bicyclic) bond motifs is 3.